The Morgan fingerprint density at radius 3 is 2.74 bits per heavy atom. The van der Waals surface area contributed by atoms with Crippen molar-refractivity contribution in [2.24, 2.45) is 5.92 Å². The van der Waals surface area contributed by atoms with Crippen molar-refractivity contribution >= 4 is 5.97 Å². The molecule has 3 aromatic rings. The largest absolute Gasteiger partial charge is 0.493 e. The maximum Gasteiger partial charge on any atom is 0.307 e. The molecule has 0 radical (unpaired) electrons. The van der Waals surface area contributed by atoms with E-state index < -0.39 is 5.97 Å². The van der Waals surface area contributed by atoms with Gasteiger partial charge in [-0.1, -0.05) is 31.2 Å². The van der Waals surface area contributed by atoms with Crippen LogP contribution in [0.25, 0.3) is 11.5 Å². The lowest BCUT2D eigenvalue weighted by Crippen LogP contribution is -2.20. The van der Waals surface area contributed by atoms with Gasteiger partial charge in [-0.3, -0.25) is 4.79 Å². The van der Waals surface area contributed by atoms with Gasteiger partial charge in [0.05, 0.1) is 18.2 Å². The van der Waals surface area contributed by atoms with E-state index in [-0.39, 0.29) is 11.8 Å². The van der Waals surface area contributed by atoms with Crippen LogP contribution in [0.1, 0.15) is 53.8 Å². The molecule has 0 aliphatic heterocycles. The number of carboxylic acid groups (broad SMARTS) is 1. The summed E-state index contributed by atoms with van der Waals surface area (Å²) in [6, 6.07) is 14.1. The molecule has 1 N–H and O–H groups in total. The summed E-state index contributed by atoms with van der Waals surface area (Å²) >= 11 is 0. The standard InChI is InChI=1S/C26H29NO4/c1-4-20(26(28)29)21-11-10-19-15-24(16(2)14-22(19)21)30-13-12-23-17(3)31-25(27-23)18-8-6-5-7-9-18/h5-9,14-15,20-21H,4,10-13H2,1-3H3,(H,28,29). The van der Waals surface area contributed by atoms with Crippen molar-refractivity contribution in [1.29, 1.82) is 0 Å². The van der Waals surface area contributed by atoms with Gasteiger partial charge in [-0.25, -0.2) is 4.98 Å². The van der Waals surface area contributed by atoms with Gasteiger partial charge >= 0.3 is 5.97 Å². The maximum atomic E-state index is 11.6. The highest BCUT2D eigenvalue weighted by molar-refractivity contribution is 5.72. The zero-order valence-corrected chi connectivity index (χ0v) is 18.4. The molecule has 5 nitrogen and oxygen atoms in total. The Morgan fingerprint density at radius 1 is 1.26 bits per heavy atom. The first-order chi connectivity index (χ1) is 15.0. The monoisotopic (exact) mass is 419 g/mol. The van der Waals surface area contributed by atoms with Gasteiger partial charge in [0.1, 0.15) is 11.5 Å². The number of ether oxygens (including phenoxy) is 1. The number of benzene rings is 2. The van der Waals surface area contributed by atoms with Crippen LogP contribution in [0.5, 0.6) is 5.75 Å². The minimum absolute atomic E-state index is 0.0967. The third-order valence-corrected chi connectivity index (χ3v) is 6.31. The molecule has 1 aliphatic rings. The fourth-order valence-corrected chi connectivity index (χ4v) is 4.61. The van der Waals surface area contributed by atoms with Crippen molar-refractivity contribution in [3.05, 3.63) is 70.6 Å². The number of aromatic nitrogens is 1. The third-order valence-electron chi connectivity index (χ3n) is 6.31. The number of hydrogen-bond donors (Lipinski definition) is 1. The molecule has 5 heteroatoms. The van der Waals surface area contributed by atoms with Gasteiger partial charge in [-0.05, 0) is 73.9 Å². The summed E-state index contributed by atoms with van der Waals surface area (Å²) in [6.07, 6.45) is 3.11. The number of nitrogens with zero attached hydrogens (tertiary/aromatic N) is 1. The van der Waals surface area contributed by atoms with Gasteiger partial charge in [0.2, 0.25) is 5.89 Å². The second kappa shape index (κ2) is 8.96. The summed E-state index contributed by atoms with van der Waals surface area (Å²) < 4.78 is 11.9. The van der Waals surface area contributed by atoms with E-state index >= 15 is 0 Å². The molecule has 0 saturated carbocycles. The topological polar surface area (TPSA) is 72.6 Å². The Labute approximate surface area is 183 Å². The highest BCUT2D eigenvalue weighted by Gasteiger charge is 2.33. The van der Waals surface area contributed by atoms with Gasteiger partial charge < -0.3 is 14.3 Å². The molecule has 0 bridgehead atoms. The first-order valence-electron chi connectivity index (χ1n) is 11.0. The quantitative estimate of drug-likeness (QED) is 0.505. The van der Waals surface area contributed by atoms with E-state index in [2.05, 4.69) is 17.1 Å². The van der Waals surface area contributed by atoms with E-state index in [9.17, 15) is 9.90 Å². The van der Waals surface area contributed by atoms with E-state index in [0.717, 1.165) is 41.2 Å². The van der Waals surface area contributed by atoms with Crippen LogP contribution in [0.15, 0.2) is 46.9 Å². The number of aryl methyl sites for hydroxylation is 3. The molecule has 0 fully saturated rings. The van der Waals surface area contributed by atoms with E-state index in [4.69, 9.17) is 9.15 Å². The molecule has 162 valence electrons. The maximum absolute atomic E-state index is 11.6. The molecular formula is C26H29NO4. The van der Waals surface area contributed by atoms with Crippen LogP contribution in [0.2, 0.25) is 0 Å². The van der Waals surface area contributed by atoms with E-state index in [1.165, 1.54) is 11.1 Å². The molecule has 31 heavy (non-hydrogen) atoms. The van der Waals surface area contributed by atoms with Crippen LogP contribution in [-0.2, 0) is 17.6 Å². The summed E-state index contributed by atoms with van der Waals surface area (Å²) in [4.78, 5) is 16.3. The number of carbonyl (C=O) groups is 1. The SMILES string of the molecule is CCC(C(=O)O)C1CCc2cc(OCCc3nc(-c4ccccc4)oc3C)c(C)cc21. The fourth-order valence-electron chi connectivity index (χ4n) is 4.61. The van der Waals surface area contributed by atoms with Crippen molar-refractivity contribution in [2.45, 2.75) is 52.4 Å². The lowest BCUT2D eigenvalue weighted by atomic mass is 9.85. The Morgan fingerprint density at radius 2 is 2.03 bits per heavy atom. The van der Waals surface area contributed by atoms with Crippen molar-refractivity contribution in [3.63, 3.8) is 0 Å². The Kier molecular flexibility index (Phi) is 6.12. The van der Waals surface area contributed by atoms with Gasteiger partial charge in [-0.2, -0.15) is 0 Å². The van der Waals surface area contributed by atoms with Crippen LogP contribution in [0.3, 0.4) is 0 Å². The van der Waals surface area contributed by atoms with Gasteiger partial charge in [0.15, 0.2) is 0 Å². The third kappa shape index (κ3) is 4.36. The molecule has 1 aliphatic carbocycles. The Balaban J connectivity index is 1.44. The molecule has 2 aromatic carbocycles. The molecule has 2 atom stereocenters. The van der Waals surface area contributed by atoms with Crippen molar-refractivity contribution in [3.8, 4) is 17.2 Å². The first-order valence-corrected chi connectivity index (χ1v) is 11.0. The van der Waals surface area contributed by atoms with Crippen LogP contribution in [0, 0.1) is 19.8 Å². The van der Waals surface area contributed by atoms with Crippen molar-refractivity contribution in [2.75, 3.05) is 6.61 Å². The number of carboxylic acids is 1. The number of hydrogen-bond acceptors (Lipinski definition) is 4. The molecule has 0 saturated heterocycles. The number of rotatable bonds is 8. The minimum Gasteiger partial charge on any atom is -0.493 e. The Hall–Kier alpha value is -3.08. The van der Waals surface area contributed by atoms with Crippen molar-refractivity contribution < 1.29 is 19.1 Å². The summed E-state index contributed by atoms with van der Waals surface area (Å²) in [5, 5.41) is 9.57. The molecule has 0 spiro atoms. The minimum atomic E-state index is -0.698. The number of aliphatic carboxylic acids is 1. The van der Waals surface area contributed by atoms with E-state index in [0.29, 0.717) is 25.3 Å². The predicted octanol–water partition coefficient (Wildman–Crippen LogP) is 5.72. The lowest BCUT2D eigenvalue weighted by molar-refractivity contribution is -0.142. The second-order valence-corrected chi connectivity index (χ2v) is 8.30. The molecule has 2 unspecified atom stereocenters. The summed E-state index contributed by atoms with van der Waals surface area (Å²) in [7, 11) is 0. The molecular weight excluding hydrogens is 390 g/mol. The van der Waals surface area contributed by atoms with E-state index in [1.807, 2.05) is 51.1 Å². The van der Waals surface area contributed by atoms with Crippen LogP contribution in [0.4, 0.5) is 0 Å². The first kappa shape index (κ1) is 21.2. The van der Waals surface area contributed by atoms with Crippen LogP contribution >= 0.6 is 0 Å². The van der Waals surface area contributed by atoms with Crippen LogP contribution < -0.4 is 4.74 Å². The average molecular weight is 420 g/mol. The smallest absolute Gasteiger partial charge is 0.307 e. The summed E-state index contributed by atoms with van der Waals surface area (Å²) in [5.74, 6) is 1.40. The zero-order chi connectivity index (χ0) is 22.0. The molecule has 1 aromatic heterocycles. The normalized spacial score (nSPS) is 16.2. The highest BCUT2D eigenvalue weighted by Crippen LogP contribution is 2.42. The predicted molar refractivity (Wildman–Crippen MR) is 120 cm³/mol. The van der Waals surface area contributed by atoms with E-state index in [1.54, 1.807) is 0 Å². The lowest BCUT2D eigenvalue weighted by Gasteiger charge is -2.20. The summed E-state index contributed by atoms with van der Waals surface area (Å²) in [5.41, 5.74) is 5.32. The van der Waals surface area contributed by atoms with Gasteiger partial charge in [0, 0.05) is 12.0 Å². The number of oxazole rings is 1. The fraction of sp³-hybridized carbons (Fsp3) is 0.385. The Bertz CT molecular complexity index is 1070. The van der Waals surface area contributed by atoms with Gasteiger partial charge in [0.25, 0.3) is 0 Å². The molecule has 4 rings (SSSR count). The summed E-state index contributed by atoms with van der Waals surface area (Å²) in [6.45, 7) is 6.43. The highest BCUT2D eigenvalue weighted by atomic mass is 16.5. The number of fused-ring (bicyclic) bond motifs is 1. The molecule has 0 amide bonds. The average Bonchev–Trinajstić information content (AvgIpc) is 3.33. The van der Waals surface area contributed by atoms with Gasteiger partial charge in [-0.15, -0.1) is 0 Å². The van der Waals surface area contributed by atoms with Crippen molar-refractivity contribution in [1.82, 2.24) is 4.98 Å². The second-order valence-electron chi connectivity index (χ2n) is 8.30. The van der Waals surface area contributed by atoms with Crippen LogP contribution in [-0.4, -0.2) is 22.7 Å². The molecule has 1 heterocycles. The zero-order valence-electron chi connectivity index (χ0n) is 18.4.